The molecule has 5 heterocycles. The highest BCUT2D eigenvalue weighted by molar-refractivity contribution is 6.08. The van der Waals surface area contributed by atoms with Crippen LogP contribution in [0.2, 0.25) is 0 Å². The van der Waals surface area contributed by atoms with Crippen LogP contribution in [0.1, 0.15) is 44.6 Å². The lowest BCUT2D eigenvalue weighted by Crippen LogP contribution is -2.37. The van der Waals surface area contributed by atoms with E-state index in [0.29, 0.717) is 23.6 Å². The number of aromatic amines is 1. The molecule has 1 atom stereocenters. The zero-order chi connectivity index (χ0) is 22.4. The Labute approximate surface area is 190 Å². The number of fused-ring (bicyclic) bond motifs is 2. The predicted molar refractivity (Wildman–Crippen MR) is 123 cm³/mol. The Balaban J connectivity index is 1.39. The Morgan fingerprint density at radius 1 is 1.03 bits per heavy atom. The molecule has 8 heteroatoms. The molecular weight excluding hydrogens is 414 g/mol. The number of aryl methyl sites for hydroxylation is 1. The molecular formula is C25H21N7O. The van der Waals surface area contributed by atoms with Crippen molar-refractivity contribution in [1.29, 1.82) is 0 Å². The quantitative estimate of drug-likeness (QED) is 0.434. The van der Waals surface area contributed by atoms with Gasteiger partial charge in [0, 0.05) is 42.8 Å². The molecule has 162 valence electrons. The smallest absolute Gasteiger partial charge is 0.226 e. The van der Waals surface area contributed by atoms with E-state index < -0.39 is 0 Å². The third-order valence-electron chi connectivity index (χ3n) is 6.13. The Hall–Kier alpha value is -4.33. The van der Waals surface area contributed by atoms with E-state index in [1.54, 1.807) is 30.9 Å². The largest absolute Gasteiger partial charge is 0.348 e. The highest BCUT2D eigenvalue weighted by atomic mass is 16.1. The Kier molecular flexibility index (Phi) is 4.50. The number of rotatable bonds is 4. The minimum atomic E-state index is -0.227. The van der Waals surface area contributed by atoms with Crippen LogP contribution in [0.15, 0.2) is 73.4 Å². The number of ketones is 1. The van der Waals surface area contributed by atoms with Gasteiger partial charge in [-0.2, -0.15) is 5.10 Å². The van der Waals surface area contributed by atoms with Crippen molar-refractivity contribution in [2.45, 2.75) is 19.4 Å². The highest BCUT2D eigenvalue weighted by Gasteiger charge is 2.34. The maximum atomic E-state index is 12.8. The fourth-order valence-electron chi connectivity index (χ4n) is 4.44. The molecule has 0 amide bonds. The monoisotopic (exact) mass is 435 g/mol. The summed E-state index contributed by atoms with van der Waals surface area (Å²) in [4.78, 5) is 31.9. The van der Waals surface area contributed by atoms with Crippen LogP contribution in [0, 0.1) is 6.92 Å². The van der Waals surface area contributed by atoms with E-state index in [1.165, 1.54) is 0 Å². The first-order valence-electron chi connectivity index (χ1n) is 10.8. The number of hydrogen-bond donors (Lipinski definition) is 1. The number of benzene rings is 1. The van der Waals surface area contributed by atoms with E-state index in [0.717, 1.165) is 34.6 Å². The molecule has 0 bridgehead atoms. The molecule has 1 aromatic carbocycles. The van der Waals surface area contributed by atoms with Crippen molar-refractivity contribution < 1.29 is 4.79 Å². The first kappa shape index (κ1) is 19.4. The topological polar surface area (TPSA) is 92.1 Å². The minimum Gasteiger partial charge on any atom is -0.348 e. The summed E-state index contributed by atoms with van der Waals surface area (Å²) in [5, 5.41) is 4.85. The normalized spacial score (nSPS) is 15.5. The lowest BCUT2D eigenvalue weighted by Gasteiger charge is -2.33. The summed E-state index contributed by atoms with van der Waals surface area (Å²) < 4.78 is 1.90. The molecule has 0 saturated heterocycles. The molecule has 6 rings (SSSR count). The van der Waals surface area contributed by atoms with Crippen LogP contribution < -0.4 is 4.90 Å². The predicted octanol–water partition coefficient (Wildman–Crippen LogP) is 3.54. The van der Waals surface area contributed by atoms with Gasteiger partial charge >= 0.3 is 0 Å². The fourth-order valence-corrected chi connectivity index (χ4v) is 4.44. The van der Waals surface area contributed by atoms with Crippen molar-refractivity contribution in [3.63, 3.8) is 0 Å². The maximum Gasteiger partial charge on any atom is 0.226 e. The Bertz CT molecular complexity index is 1450. The summed E-state index contributed by atoms with van der Waals surface area (Å²) in [6, 6.07) is 15.1. The second-order valence-corrected chi connectivity index (χ2v) is 8.17. The summed E-state index contributed by atoms with van der Waals surface area (Å²) >= 11 is 0. The molecule has 0 spiro atoms. The summed E-state index contributed by atoms with van der Waals surface area (Å²) in [5.41, 5.74) is 6.19. The SMILES string of the molecule is Cc1cccn2nc(C3c4nc[nH]c4CCN3c3ncc(C(=O)c4ccccc4)cn3)cc12. The van der Waals surface area contributed by atoms with Crippen molar-refractivity contribution in [1.82, 2.24) is 29.5 Å². The first-order valence-corrected chi connectivity index (χ1v) is 10.8. The molecule has 1 aliphatic heterocycles. The van der Waals surface area contributed by atoms with Gasteiger partial charge in [-0.15, -0.1) is 0 Å². The van der Waals surface area contributed by atoms with E-state index in [4.69, 9.17) is 5.10 Å². The molecule has 5 aromatic rings. The summed E-state index contributed by atoms with van der Waals surface area (Å²) in [6.45, 7) is 2.78. The van der Waals surface area contributed by atoms with Gasteiger partial charge in [-0.05, 0) is 24.6 Å². The van der Waals surface area contributed by atoms with Crippen LogP contribution in [0.5, 0.6) is 0 Å². The second kappa shape index (κ2) is 7.67. The molecule has 8 nitrogen and oxygen atoms in total. The third kappa shape index (κ3) is 3.27. The van der Waals surface area contributed by atoms with Gasteiger partial charge in [0.05, 0.1) is 28.8 Å². The van der Waals surface area contributed by atoms with Crippen molar-refractivity contribution in [2.75, 3.05) is 11.4 Å². The molecule has 0 radical (unpaired) electrons. The molecule has 4 aromatic heterocycles. The van der Waals surface area contributed by atoms with Gasteiger partial charge in [-0.3, -0.25) is 4.79 Å². The van der Waals surface area contributed by atoms with E-state index in [1.807, 2.05) is 35.0 Å². The number of H-pyrrole nitrogens is 1. The number of pyridine rings is 1. The number of hydrogen-bond acceptors (Lipinski definition) is 6. The van der Waals surface area contributed by atoms with Gasteiger partial charge in [0.1, 0.15) is 6.04 Å². The number of aromatic nitrogens is 6. The van der Waals surface area contributed by atoms with Gasteiger partial charge in [0.25, 0.3) is 0 Å². The number of nitrogens with one attached hydrogen (secondary N) is 1. The van der Waals surface area contributed by atoms with Crippen LogP contribution in [0.4, 0.5) is 5.95 Å². The standard InChI is InChI=1S/C25H21N7O/c1-16-6-5-10-32-21(16)12-20(30-32)23-22-19(28-15-29-22)9-11-31(23)25-26-13-18(14-27-25)24(33)17-7-3-2-4-8-17/h2-8,10,12-15,23H,9,11H2,1H3,(H,28,29). The molecule has 0 fully saturated rings. The number of carbonyl (C=O) groups is 1. The number of carbonyl (C=O) groups excluding carboxylic acids is 1. The van der Waals surface area contributed by atoms with Crippen LogP contribution in [0.25, 0.3) is 5.52 Å². The highest BCUT2D eigenvalue weighted by Crippen LogP contribution is 2.35. The molecule has 33 heavy (non-hydrogen) atoms. The van der Waals surface area contributed by atoms with Gasteiger partial charge in [-0.25, -0.2) is 19.5 Å². The van der Waals surface area contributed by atoms with Crippen LogP contribution in [-0.2, 0) is 6.42 Å². The minimum absolute atomic E-state index is 0.0947. The molecule has 0 saturated carbocycles. The average molecular weight is 435 g/mol. The van der Waals surface area contributed by atoms with Crippen molar-refractivity contribution in [3.8, 4) is 0 Å². The molecule has 1 aliphatic rings. The van der Waals surface area contributed by atoms with Crippen LogP contribution in [0.3, 0.4) is 0 Å². The van der Waals surface area contributed by atoms with E-state index in [-0.39, 0.29) is 11.8 Å². The Morgan fingerprint density at radius 3 is 2.64 bits per heavy atom. The maximum absolute atomic E-state index is 12.8. The summed E-state index contributed by atoms with van der Waals surface area (Å²) in [7, 11) is 0. The van der Waals surface area contributed by atoms with Crippen LogP contribution >= 0.6 is 0 Å². The zero-order valence-electron chi connectivity index (χ0n) is 18.0. The first-order chi connectivity index (χ1) is 16.2. The zero-order valence-corrected chi connectivity index (χ0v) is 18.0. The number of anilines is 1. The third-order valence-corrected chi connectivity index (χ3v) is 6.13. The van der Waals surface area contributed by atoms with Gasteiger partial charge < -0.3 is 9.88 Å². The van der Waals surface area contributed by atoms with E-state index >= 15 is 0 Å². The molecule has 1 unspecified atom stereocenters. The lowest BCUT2D eigenvalue weighted by molar-refractivity contribution is 0.103. The van der Waals surface area contributed by atoms with Crippen LogP contribution in [-0.4, -0.2) is 41.9 Å². The van der Waals surface area contributed by atoms with Gasteiger partial charge in [-0.1, -0.05) is 36.4 Å². The average Bonchev–Trinajstić information content (AvgIpc) is 3.51. The Morgan fingerprint density at radius 2 is 1.85 bits per heavy atom. The summed E-state index contributed by atoms with van der Waals surface area (Å²) in [6.07, 6.45) is 7.67. The van der Waals surface area contributed by atoms with Crippen molar-refractivity contribution >= 4 is 17.2 Å². The van der Waals surface area contributed by atoms with E-state index in [9.17, 15) is 4.79 Å². The summed E-state index contributed by atoms with van der Waals surface area (Å²) in [5.74, 6) is 0.454. The van der Waals surface area contributed by atoms with Crippen molar-refractivity contribution in [3.05, 3.63) is 107 Å². The second-order valence-electron chi connectivity index (χ2n) is 8.17. The molecule has 1 N–H and O–H groups in total. The lowest BCUT2D eigenvalue weighted by atomic mass is 10.00. The van der Waals surface area contributed by atoms with Crippen molar-refractivity contribution in [2.24, 2.45) is 0 Å². The number of imidazole rings is 1. The van der Waals surface area contributed by atoms with Gasteiger partial charge in [0.15, 0.2) is 5.78 Å². The fraction of sp³-hybridized carbons (Fsp3) is 0.160. The molecule has 0 aliphatic carbocycles. The number of nitrogens with zero attached hydrogens (tertiary/aromatic N) is 6. The van der Waals surface area contributed by atoms with Gasteiger partial charge in [0.2, 0.25) is 5.95 Å². The van der Waals surface area contributed by atoms with E-state index in [2.05, 4.69) is 43.9 Å².